The maximum absolute atomic E-state index is 15.0. The van der Waals surface area contributed by atoms with E-state index in [4.69, 9.17) is 16.3 Å². The van der Waals surface area contributed by atoms with Crippen molar-refractivity contribution in [2.24, 2.45) is 11.8 Å². The molecular formula is C20H19ClF2O4S. The summed E-state index contributed by atoms with van der Waals surface area (Å²) in [5, 5.41) is 10.7. The normalized spacial score (nSPS) is 29.5. The second kappa shape index (κ2) is 6.68. The van der Waals surface area contributed by atoms with Gasteiger partial charge in [0.25, 0.3) is 0 Å². The second-order valence-corrected chi connectivity index (χ2v) is 10.1. The number of benzene rings is 2. The lowest BCUT2D eigenvalue weighted by Crippen LogP contribution is -2.56. The summed E-state index contributed by atoms with van der Waals surface area (Å²) in [5.41, 5.74) is -0.280. The first-order valence-corrected chi connectivity index (χ1v) is 10.9. The van der Waals surface area contributed by atoms with Crippen LogP contribution in [0.4, 0.5) is 8.78 Å². The van der Waals surface area contributed by atoms with Crippen molar-refractivity contribution in [1.82, 2.24) is 0 Å². The summed E-state index contributed by atoms with van der Waals surface area (Å²) in [7, 11) is -4.17. The molecule has 1 aliphatic heterocycles. The number of fused-ring (bicyclic) bond motifs is 3. The Morgan fingerprint density at radius 1 is 1.14 bits per heavy atom. The molecule has 1 heterocycles. The van der Waals surface area contributed by atoms with Crippen molar-refractivity contribution < 1.29 is 27.0 Å². The summed E-state index contributed by atoms with van der Waals surface area (Å²) in [6, 6.07) is 7.48. The Morgan fingerprint density at radius 2 is 1.79 bits per heavy atom. The van der Waals surface area contributed by atoms with Crippen molar-refractivity contribution in [3.05, 3.63) is 58.6 Å². The van der Waals surface area contributed by atoms with Crippen LogP contribution in [0.15, 0.2) is 41.3 Å². The third-order valence-corrected chi connectivity index (χ3v) is 8.96. The van der Waals surface area contributed by atoms with Crippen LogP contribution in [0.2, 0.25) is 5.02 Å². The van der Waals surface area contributed by atoms with E-state index in [2.05, 4.69) is 0 Å². The molecule has 0 unspecified atom stereocenters. The van der Waals surface area contributed by atoms with Crippen LogP contribution < -0.4 is 4.74 Å². The van der Waals surface area contributed by atoms with Gasteiger partial charge in [0, 0.05) is 10.9 Å². The average Bonchev–Trinajstić information content (AvgIpc) is 2.67. The predicted octanol–water partition coefficient (Wildman–Crippen LogP) is 4.09. The molecule has 150 valence electrons. The zero-order valence-electron chi connectivity index (χ0n) is 15.0. The summed E-state index contributed by atoms with van der Waals surface area (Å²) in [5.74, 6) is -3.22. The highest BCUT2D eigenvalue weighted by Gasteiger charge is 2.61. The number of aliphatic hydroxyl groups excluding tert-OH is 1. The third kappa shape index (κ3) is 2.60. The predicted molar refractivity (Wildman–Crippen MR) is 100 cm³/mol. The Labute approximate surface area is 167 Å². The molecule has 1 aliphatic carbocycles. The highest BCUT2D eigenvalue weighted by Crippen LogP contribution is 2.57. The van der Waals surface area contributed by atoms with Crippen molar-refractivity contribution in [3.8, 4) is 5.75 Å². The number of hydrogen-bond acceptors (Lipinski definition) is 4. The summed E-state index contributed by atoms with van der Waals surface area (Å²) in [4.78, 5) is -0.0259. The molecule has 2 aliphatic rings. The van der Waals surface area contributed by atoms with Gasteiger partial charge in [0.2, 0.25) is 0 Å². The van der Waals surface area contributed by atoms with Gasteiger partial charge in [0.1, 0.15) is 10.6 Å². The van der Waals surface area contributed by atoms with Gasteiger partial charge in [0.05, 0.1) is 23.2 Å². The lowest BCUT2D eigenvalue weighted by Gasteiger charge is -2.51. The van der Waals surface area contributed by atoms with Gasteiger partial charge in [-0.2, -0.15) is 0 Å². The smallest absolute Gasteiger partial charge is 0.188 e. The van der Waals surface area contributed by atoms with E-state index in [-0.39, 0.29) is 35.7 Å². The summed E-state index contributed by atoms with van der Waals surface area (Å²) in [6.07, 6.45) is -0.634. The average molecular weight is 429 g/mol. The monoisotopic (exact) mass is 428 g/mol. The standard InChI is InChI=1S/C20H19ClF2O4S/c1-11-14-10-27-19-16(23)7-6-15(22)18(19)20(14,9-8-17(11)24)28(25,26)13-4-2-12(21)3-5-13/h2-7,11,14,17,24H,8-10H2,1H3/t11-,14-,17+,20-/m1/s1. The van der Waals surface area contributed by atoms with Crippen molar-refractivity contribution in [2.45, 2.75) is 35.5 Å². The van der Waals surface area contributed by atoms with Crippen LogP contribution in [0, 0.1) is 23.5 Å². The number of hydrogen-bond donors (Lipinski definition) is 1. The van der Waals surface area contributed by atoms with Gasteiger partial charge >= 0.3 is 0 Å². The van der Waals surface area contributed by atoms with Gasteiger partial charge in [-0.1, -0.05) is 18.5 Å². The van der Waals surface area contributed by atoms with Crippen LogP contribution in [0.3, 0.4) is 0 Å². The molecule has 0 bridgehead atoms. The molecule has 1 N–H and O–H groups in total. The van der Waals surface area contributed by atoms with Crippen LogP contribution in [-0.2, 0) is 14.6 Å². The van der Waals surface area contributed by atoms with E-state index >= 15 is 4.39 Å². The van der Waals surface area contributed by atoms with Gasteiger partial charge in [-0.25, -0.2) is 17.2 Å². The molecule has 0 spiro atoms. The fourth-order valence-corrected chi connectivity index (χ4v) is 7.20. The molecule has 4 atom stereocenters. The van der Waals surface area contributed by atoms with Gasteiger partial charge in [-0.05, 0) is 55.2 Å². The number of rotatable bonds is 2. The van der Waals surface area contributed by atoms with Gasteiger partial charge < -0.3 is 9.84 Å². The first kappa shape index (κ1) is 19.6. The summed E-state index contributed by atoms with van der Waals surface area (Å²) >= 11 is 5.90. The molecule has 1 fully saturated rings. The SMILES string of the molecule is C[C@@H]1[C@H]2COc3c(F)ccc(F)c3[C@@]2(S(=O)(=O)c2ccc(Cl)cc2)CC[C@@H]1O. The van der Waals surface area contributed by atoms with Crippen molar-refractivity contribution in [3.63, 3.8) is 0 Å². The van der Waals surface area contributed by atoms with Crippen molar-refractivity contribution >= 4 is 21.4 Å². The first-order chi connectivity index (χ1) is 13.2. The highest BCUT2D eigenvalue weighted by molar-refractivity contribution is 7.92. The van der Waals surface area contributed by atoms with Crippen LogP contribution in [-0.4, -0.2) is 26.2 Å². The molecule has 2 aromatic carbocycles. The molecule has 0 amide bonds. The quantitative estimate of drug-likeness (QED) is 0.782. The maximum atomic E-state index is 15.0. The van der Waals surface area contributed by atoms with E-state index < -0.39 is 44.2 Å². The molecular weight excluding hydrogens is 410 g/mol. The summed E-state index contributed by atoms with van der Waals surface area (Å²) < 4.78 is 60.9. The Kier molecular flexibility index (Phi) is 4.68. The molecule has 0 saturated heterocycles. The Morgan fingerprint density at radius 3 is 2.46 bits per heavy atom. The van der Waals surface area contributed by atoms with Gasteiger partial charge in [-0.15, -0.1) is 0 Å². The van der Waals surface area contributed by atoms with E-state index in [9.17, 15) is 17.9 Å². The Bertz CT molecular complexity index is 1030. The second-order valence-electron chi connectivity index (χ2n) is 7.46. The van der Waals surface area contributed by atoms with Crippen molar-refractivity contribution in [1.29, 1.82) is 0 Å². The van der Waals surface area contributed by atoms with E-state index in [0.29, 0.717) is 5.02 Å². The highest BCUT2D eigenvalue weighted by atomic mass is 35.5. The Hall–Kier alpha value is -1.70. The van der Waals surface area contributed by atoms with E-state index in [0.717, 1.165) is 12.1 Å². The fourth-order valence-electron chi connectivity index (χ4n) is 4.63. The third-order valence-electron chi connectivity index (χ3n) is 6.14. The van der Waals surface area contributed by atoms with Crippen LogP contribution in [0.1, 0.15) is 25.3 Å². The molecule has 2 aromatic rings. The molecule has 4 rings (SSSR count). The Balaban J connectivity index is 2.04. The summed E-state index contributed by atoms with van der Waals surface area (Å²) in [6.45, 7) is 1.59. The number of halogens is 3. The molecule has 0 aromatic heterocycles. The molecule has 28 heavy (non-hydrogen) atoms. The molecule has 8 heteroatoms. The maximum Gasteiger partial charge on any atom is 0.188 e. The lowest BCUT2D eigenvalue weighted by molar-refractivity contribution is -0.0118. The van der Waals surface area contributed by atoms with Crippen LogP contribution >= 0.6 is 11.6 Å². The fraction of sp³-hybridized carbons (Fsp3) is 0.400. The van der Waals surface area contributed by atoms with E-state index in [1.54, 1.807) is 6.92 Å². The number of aliphatic hydroxyl groups is 1. The first-order valence-electron chi connectivity index (χ1n) is 8.99. The zero-order valence-corrected chi connectivity index (χ0v) is 16.6. The van der Waals surface area contributed by atoms with Crippen LogP contribution in [0.5, 0.6) is 5.75 Å². The minimum absolute atomic E-state index is 0.0259. The lowest BCUT2D eigenvalue weighted by atomic mass is 9.67. The number of ether oxygens (including phenoxy) is 1. The molecule has 4 nitrogen and oxygen atoms in total. The van der Waals surface area contributed by atoms with E-state index in [1.807, 2.05) is 0 Å². The zero-order chi connectivity index (χ0) is 20.3. The van der Waals surface area contributed by atoms with Crippen LogP contribution in [0.25, 0.3) is 0 Å². The topological polar surface area (TPSA) is 63.6 Å². The van der Waals surface area contributed by atoms with E-state index in [1.165, 1.54) is 24.3 Å². The minimum atomic E-state index is -4.17. The number of sulfone groups is 1. The minimum Gasteiger partial charge on any atom is -0.490 e. The van der Waals surface area contributed by atoms with Gasteiger partial charge in [-0.3, -0.25) is 0 Å². The van der Waals surface area contributed by atoms with Crippen molar-refractivity contribution in [2.75, 3.05) is 6.61 Å². The van der Waals surface area contributed by atoms with Gasteiger partial charge in [0.15, 0.2) is 21.4 Å². The molecule has 0 radical (unpaired) electrons. The largest absolute Gasteiger partial charge is 0.490 e. The molecule has 1 saturated carbocycles.